The van der Waals surface area contributed by atoms with Crippen LogP contribution in [-0.2, 0) is 9.53 Å². The number of carbonyl (C=O) groups is 1. The number of carbonyl (C=O) groups excluding carboxylic acids is 1. The highest BCUT2D eigenvalue weighted by atomic mass is 35.5. The summed E-state index contributed by atoms with van der Waals surface area (Å²) >= 11 is 5.47. The van der Waals surface area contributed by atoms with Gasteiger partial charge in [0.05, 0.1) is 12.2 Å². The van der Waals surface area contributed by atoms with Crippen LogP contribution >= 0.6 is 11.6 Å². The molecule has 2 bridgehead atoms. The van der Waals surface area contributed by atoms with E-state index in [1.54, 1.807) is 0 Å². The predicted octanol–water partition coefficient (Wildman–Crippen LogP) is 0.615. The Balaban J connectivity index is 1.98. The molecule has 0 aliphatic carbocycles. The first kappa shape index (κ1) is 8.32. The maximum atomic E-state index is 11.2. The Hall–Kier alpha value is -0.280. The van der Waals surface area contributed by atoms with Gasteiger partial charge in [-0.05, 0) is 12.8 Å². The number of fused-ring (bicyclic) bond motifs is 2. The summed E-state index contributed by atoms with van der Waals surface area (Å²) in [6.07, 6.45) is 2.74. The average Bonchev–Trinajstić information content (AvgIpc) is 2.44. The van der Waals surface area contributed by atoms with Crippen LogP contribution in [0.5, 0.6) is 0 Å². The lowest BCUT2D eigenvalue weighted by atomic mass is 10.2. The molecular weight excluding hydrogens is 178 g/mol. The molecule has 0 N–H and O–H groups in total. The number of morpholine rings is 1. The van der Waals surface area contributed by atoms with Gasteiger partial charge in [0.1, 0.15) is 5.88 Å². The summed E-state index contributed by atoms with van der Waals surface area (Å²) < 4.78 is 5.59. The van der Waals surface area contributed by atoms with Gasteiger partial charge in [0.2, 0.25) is 5.91 Å². The number of alkyl halides is 1. The number of hydrogen-bond donors (Lipinski definition) is 0. The normalized spacial score (nSPS) is 33.9. The van der Waals surface area contributed by atoms with Crippen molar-refractivity contribution in [3.05, 3.63) is 0 Å². The summed E-state index contributed by atoms with van der Waals surface area (Å²) in [5.41, 5.74) is 0. The Kier molecular flexibility index (Phi) is 2.24. The molecule has 0 spiro atoms. The average molecular weight is 190 g/mol. The molecule has 2 aliphatic heterocycles. The molecule has 0 aromatic heterocycles. The van der Waals surface area contributed by atoms with Crippen molar-refractivity contribution in [1.82, 2.24) is 4.90 Å². The van der Waals surface area contributed by atoms with Crippen molar-refractivity contribution in [3.63, 3.8) is 0 Å². The highest BCUT2D eigenvalue weighted by Crippen LogP contribution is 2.26. The Labute approximate surface area is 76.6 Å². The fourth-order valence-electron chi connectivity index (χ4n) is 1.90. The summed E-state index contributed by atoms with van der Waals surface area (Å²) in [6.45, 7) is 1.48. The lowest BCUT2D eigenvalue weighted by molar-refractivity contribution is -0.137. The van der Waals surface area contributed by atoms with Crippen LogP contribution in [0.4, 0.5) is 0 Å². The Morgan fingerprint density at radius 3 is 2.50 bits per heavy atom. The predicted molar refractivity (Wildman–Crippen MR) is 45.2 cm³/mol. The highest BCUT2D eigenvalue weighted by Gasteiger charge is 2.35. The van der Waals surface area contributed by atoms with Crippen LogP contribution in [0.3, 0.4) is 0 Å². The van der Waals surface area contributed by atoms with E-state index in [1.165, 1.54) is 0 Å². The van der Waals surface area contributed by atoms with Gasteiger partial charge in [-0.2, -0.15) is 0 Å². The van der Waals surface area contributed by atoms with Crippen LogP contribution in [0, 0.1) is 0 Å². The Morgan fingerprint density at radius 2 is 2.00 bits per heavy atom. The molecule has 2 heterocycles. The molecule has 68 valence electrons. The van der Waals surface area contributed by atoms with Gasteiger partial charge in [-0.15, -0.1) is 11.6 Å². The third-order valence-electron chi connectivity index (χ3n) is 2.51. The third kappa shape index (κ3) is 1.43. The van der Waals surface area contributed by atoms with Gasteiger partial charge in [-0.25, -0.2) is 0 Å². The van der Waals surface area contributed by atoms with E-state index in [0.717, 1.165) is 25.9 Å². The molecule has 0 unspecified atom stereocenters. The number of nitrogens with zero attached hydrogens (tertiary/aromatic N) is 1. The number of rotatable bonds is 1. The zero-order chi connectivity index (χ0) is 8.55. The summed E-state index contributed by atoms with van der Waals surface area (Å²) in [4.78, 5) is 13.0. The fraction of sp³-hybridized carbons (Fsp3) is 0.875. The molecule has 4 heteroatoms. The van der Waals surface area contributed by atoms with E-state index in [0.29, 0.717) is 0 Å². The van der Waals surface area contributed by atoms with Gasteiger partial charge in [-0.1, -0.05) is 0 Å². The second-order valence-corrected chi connectivity index (χ2v) is 3.66. The van der Waals surface area contributed by atoms with E-state index in [-0.39, 0.29) is 24.0 Å². The molecule has 0 aromatic rings. The van der Waals surface area contributed by atoms with Gasteiger partial charge in [0.25, 0.3) is 0 Å². The van der Waals surface area contributed by atoms with Crippen LogP contribution in [0.15, 0.2) is 0 Å². The van der Waals surface area contributed by atoms with E-state index < -0.39 is 0 Å². The number of likely N-dealkylation sites (tertiary alicyclic amines) is 1. The van der Waals surface area contributed by atoms with Crippen molar-refractivity contribution in [2.45, 2.75) is 25.0 Å². The second-order valence-electron chi connectivity index (χ2n) is 3.39. The number of amides is 1. The third-order valence-corrected chi connectivity index (χ3v) is 2.74. The van der Waals surface area contributed by atoms with Crippen molar-refractivity contribution < 1.29 is 9.53 Å². The molecular formula is C8H12ClNO2. The van der Waals surface area contributed by atoms with Gasteiger partial charge < -0.3 is 9.64 Å². The van der Waals surface area contributed by atoms with Gasteiger partial charge in [0, 0.05) is 13.1 Å². The quantitative estimate of drug-likeness (QED) is 0.566. The maximum absolute atomic E-state index is 11.2. The van der Waals surface area contributed by atoms with Gasteiger partial charge in [0.15, 0.2) is 0 Å². The molecule has 3 nitrogen and oxygen atoms in total. The minimum absolute atomic E-state index is 0.0388. The minimum atomic E-state index is 0.0388. The van der Waals surface area contributed by atoms with Crippen LogP contribution < -0.4 is 0 Å². The van der Waals surface area contributed by atoms with E-state index in [9.17, 15) is 4.79 Å². The first-order valence-electron chi connectivity index (χ1n) is 4.29. The largest absolute Gasteiger partial charge is 0.371 e. The summed E-state index contributed by atoms with van der Waals surface area (Å²) in [5.74, 6) is 0.135. The lowest BCUT2D eigenvalue weighted by Gasteiger charge is -2.31. The first-order valence-corrected chi connectivity index (χ1v) is 4.82. The van der Waals surface area contributed by atoms with Crippen LogP contribution in [0.1, 0.15) is 12.8 Å². The fourth-order valence-corrected chi connectivity index (χ4v) is 2.07. The van der Waals surface area contributed by atoms with Crippen molar-refractivity contribution in [3.8, 4) is 0 Å². The highest BCUT2D eigenvalue weighted by molar-refractivity contribution is 6.27. The molecule has 0 radical (unpaired) electrons. The first-order chi connectivity index (χ1) is 5.79. The molecule has 1 amide bonds. The molecule has 2 saturated heterocycles. The second kappa shape index (κ2) is 3.23. The minimum Gasteiger partial charge on any atom is -0.371 e. The number of halogens is 1. The summed E-state index contributed by atoms with van der Waals surface area (Å²) in [5, 5.41) is 0. The zero-order valence-corrected chi connectivity index (χ0v) is 7.59. The molecule has 2 rings (SSSR count). The van der Waals surface area contributed by atoms with Crippen LogP contribution in [0.2, 0.25) is 0 Å². The standard InChI is InChI=1S/C8H12ClNO2/c9-3-8(11)10-4-6-1-2-7(5-10)12-6/h6-7H,1-5H2/t6-,7+. The molecule has 12 heavy (non-hydrogen) atoms. The van der Waals surface area contributed by atoms with Crippen LogP contribution in [0.25, 0.3) is 0 Å². The van der Waals surface area contributed by atoms with Gasteiger partial charge in [-0.3, -0.25) is 4.79 Å². The van der Waals surface area contributed by atoms with Crippen molar-refractivity contribution in [1.29, 1.82) is 0 Å². The molecule has 0 aromatic carbocycles. The zero-order valence-electron chi connectivity index (χ0n) is 6.83. The molecule has 2 fully saturated rings. The summed E-state index contributed by atoms with van der Waals surface area (Å²) in [6, 6.07) is 0. The van der Waals surface area contributed by atoms with E-state index in [4.69, 9.17) is 16.3 Å². The van der Waals surface area contributed by atoms with Crippen molar-refractivity contribution in [2.75, 3.05) is 19.0 Å². The number of hydrogen-bond acceptors (Lipinski definition) is 2. The molecule has 2 atom stereocenters. The Bertz CT molecular complexity index is 185. The van der Waals surface area contributed by atoms with E-state index in [1.807, 2.05) is 4.90 Å². The number of ether oxygens (including phenoxy) is 1. The van der Waals surface area contributed by atoms with Crippen molar-refractivity contribution >= 4 is 17.5 Å². The summed E-state index contributed by atoms with van der Waals surface area (Å²) in [7, 11) is 0. The van der Waals surface area contributed by atoms with Crippen molar-refractivity contribution in [2.24, 2.45) is 0 Å². The van der Waals surface area contributed by atoms with Gasteiger partial charge >= 0.3 is 0 Å². The topological polar surface area (TPSA) is 29.5 Å². The molecule has 2 aliphatic rings. The van der Waals surface area contributed by atoms with Crippen LogP contribution in [-0.4, -0.2) is 42.0 Å². The Morgan fingerprint density at radius 1 is 1.42 bits per heavy atom. The maximum Gasteiger partial charge on any atom is 0.237 e. The van der Waals surface area contributed by atoms with E-state index >= 15 is 0 Å². The lowest BCUT2D eigenvalue weighted by Crippen LogP contribution is -2.46. The SMILES string of the molecule is O=C(CCl)N1C[C@H]2CC[C@@H](C1)O2. The smallest absolute Gasteiger partial charge is 0.237 e. The van der Waals surface area contributed by atoms with E-state index in [2.05, 4.69) is 0 Å². The monoisotopic (exact) mass is 189 g/mol. The molecule has 0 saturated carbocycles.